The van der Waals surface area contributed by atoms with Crippen molar-refractivity contribution in [2.75, 3.05) is 26.2 Å². The first-order valence-electron chi connectivity index (χ1n) is 7.01. The topological polar surface area (TPSA) is 49.8 Å². The van der Waals surface area contributed by atoms with Gasteiger partial charge in [-0.25, -0.2) is 0 Å². The van der Waals surface area contributed by atoms with Crippen LogP contribution in [0.5, 0.6) is 5.75 Å². The van der Waals surface area contributed by atoms with Gasteiger partial charge in [0.05, 0.1) is 11.2 Å². The molecule has 1 aromatic rings. The van der Waals surface area contributed by atoms with Gasteiger partial charge in [-0.15, -0.1) is 0 Å². The second-order valence-electron chi connectivity index (χ2n) is 5.58. The molecule has 0 spiro atoms. The van der Waals surface area contributed by atoms with Crippen LogP contribution in [-0.4, -0.2) is 47.6 Å². The molecule has 0 amide bonds. The fourth-order valence-electron chi connectivity index (χ4n) is 2.06. The van der Waals surface area contributed by atoms with Gasteiger partial charge < -0.3 is 9.84 Å². The largest absolute Gasteiger partial charge is 0.491 e. The van der Waals surface area contributed by atoms with E-state index in [4.69, 9.17) is 4.74 Å². The van der Waals surface area contributed by atoms with Crippen LogP contribution in [0.1, 0.15) is 38.1 Å². The van der Waals surface area contributed by atoms with Crippen LogP contribution in [0.15, 0.2) is 24.3 Å². The lowest BCUT2D eigenvalue weighted by Gasteiger charge is -2.27. The Hall–Kier alpha value is -1.39. The summed E-state index contributed by atoms with van der Waals surface area (Å²) in [6.45, 7) is 9.83. The summed E-state index contributed by atoms with van der Waals surface area (Å²) < 4.78 is 5.70. The van der Waals surface area contributed by atoms with Crippen LogP contribution in [0.3, 0.4) is 0 Å². The zero-order valence-corrected chi connectivity index (χ0v) is 12.8. The summed E-state index contributed by atoms with van der Waals surface area (Å²) in [5.74, 6) is 0.628. The third-order valence-electron chi connectivity index (χ3n) is 2.99. The maximum atomic E-state index is 11.5. The molecule has 0 saturated heterocycles. The van der Waals surface area contributed by atoms with E-state index >= 15 is 0 Å². The molecule has 0 unspecified atom stereocenters. The molecular weight excluding hydrogens is 254 g/mol. The van der Waals surface area contributed by atoms with E-state index in [1.807, 2.05) is 18.2 Å². The van der Waals surface area contributed by atoms with Crippen molar-refractivity contribution in [3.05, 3.63) is 29.8 Å². The lowest BCUT2D eigenvalue weighted by Crippen LogP contribution is -2.40. The highest BCUT2D eigenvalue weighted by atomic mass is 16.5. The molecule has 20 heavy (non-hydrogen) atoms. The van der Waals surface area contributed by atoms with Gasteiger partial charge in [0.1, 0.15) is 12.4 Å². The van der Waals surface area contributed by atoms with E-state index in [9.17, 15) is 9.90 Å². The Kier molecular flexibility index (Phi) is 6.17. The lowest BCUT2D eigenvalue weighted by molar-refractivity contribution is 0.0339. The van der Waals surface area contributed by atoms with Crippen molar-refractivity contribution >= 4 is 5.78 Å². The Morgan fingerprint density at radius 3 is 2.55 bits per heavy atom. The van der Waals surface area contributed by atoms with Crippen molar-refractivity contribution in [1.29, 1.82) is 0 Å². The van der Waals surface area contributed by atoms with Gasteiger partial charge >= 0.3 is 0 Å². The number of likely N-dealkylation sites (N-methyl/N-ethyl adjacent to an activating group) is 1. The molecule has 0 atom stereocenters. The smallest absolute Gasteiger partial charge is 0.163 e. The number of rotatable bonds is 8. The monoisotopic (exact) mass is 279 g/mol. The third kappa shape index (κ3) is 5.72. The van der Waals surface area contributed by atoms with Crippen molar-refractivity contribution in [3.63, 3.8) is 0 Å². The summed E-state index contributed by atoms with van der Waals surface area (Å²) >= 11 is 0. The molecule has 0 fully saturated rings. The van der Waals surface area contributed by atoms with Gasteiger partial charge in [-0.3, -0.25) is 9.69 Å². The molecule has 1 aromatic carbocycles. The van der Waals surface area contributed by atoms with Gasteiger partial charge in [0.25, 0.3) is 0 Å². The third-order valence-corrected chi connectivity index (χ3v) is 2.99. The molecule has 0 bridgehead atoms. The molecule has 0 aliphatic heterocycles. The van der Waals surface area contributed by atoms with E-state index in [0.717, 1.165) is 6.54 Å². The number of aliphatic hydroxyl groups is 1. The Balaban J connectivity index is 2.53. The maximum absolute atomic E-state index is 11.5. The van der Waals surface area contributed by atoms with Crippen molar-refractivity contribution < 1.29 is 14.6 Å². The second kappa shape index (κ2) is 7.41. The standard InChI is InChI=1S/C16H25NO3/c1-5-17(12-16(3,4)19)10-11-20-15-9-7-6-8-14(15)13(2)18/h6-9,19H,5,10-12H2,1-4H3. The number of hydrogen-bond acceptors (Lipinski definition) is 4. The molecule has 1 N–H and O–H groups in total. The summed E-state index contributed by atoms with van der Waals surface area (Å²) in [6, 6.07) is 7.27. The number of ketones is 1. The quantitative estimate of drug-likeness (QED) is 0.742. The van der Waals surface area contributed by atoms with Gasteiger partial charge in [0, 0.05) is 13.1 Å². The molecule has 0 heterocycles. The van der Waals surface area contributed by atoms with E-state index in [2.05, 4.69) is 11.8 Å². The summed E-state index contributed by atoms with van der Waals surface area (Å²) in [7, 11) is 0. The van der Waals surface area contributed by atoms with Gasteiger partial charge in [0.15, 0.2) is 5.78 Å². The van der Waals surface area contributed by atoms with Crippen LogP contribution < -0.4 is 4.74 Å². The Morgan fingerprint density at radius 1 is 1.35 bits per heavy atom. The van der Waals surface area contributed by atoms with Crippen molar-refractivity contribution in [1.82, 2.24) is 4.90 Å². The molecule has 1 rings (SSSR count). The van der Waals surface area contributed by atoms with Crippen LogP contribution in [0.4, 0.5) is 0 Å². The maximum Gasteiger partial charge on any atom is 0.163 e. The average molecular weight is 279 g/mol. The van der Waals surface area contributed by atoms with Crippen LogP contribution in [0.25, 0.3) is 0 Å². The van der Waals surface area contributed by atoms with Crippen LogP contribution in [0, 0.1) is 0 Å². The first-order valence-corrected chi connectivity index (χ1v) is 7.01. The van der Waals surface area contributed by atoms with Crippen molar-refractivity contribution in [2.45, 2.75) is 33.3 Å². The predicted molar refractivity (Wildman–Crippen MR) is 80.4 cm³/mol. The SMILES string of the molecule is CCN(CCOc1ccccc1C(C)=O)CC(C)(C)O. The van der Waals surface area contributed by atoms with Crippen LogP contribution in [-0.2, 0) is 0 Å². The zero-order chi connectivity index (χ0) is 15.2. The summed E-state index contributed by atoms with van der Waals surface area (Å²) in [5, 5.41) is 9.83. The minimum absolute atomic E-state index is 0.00411. The number of para-hydroxylation sites is 1. The highest BCUT2D eigenvalue weighted by Crippen LogP contribution is 2.18. The molecule has 0 radical (unpaired) electrons. The molecule has 0 aliphatic rings. The van der Waals surface area contributed by atoms with Gasteiger partial charge in [-0.2, -0.15) is 0 Å². The Morgan fingerprint density at radius 2 is 2.00 bits per heavy atom. The van der Waals surface area contributed by atoms with E-state index in [1.54, 1.807) is 19.9 Å². The number of ether oxygens (including phenoxy) is 1. The first kappa shape index (κ1) is 16.7. The van der Waals surface area contributed by atoms with E-state index < -0.39 is 5.60 Å². The number of hydrogen-bond donors (Lipinski definition) is 1. The summed E-state index contributed by atoms with van der Waals surface area (Å²) in [4.78, 5) is 13.6. The minimum Gasteiger partial charge on any atom is -0.491 e. The summed E-state index contributed by atoms with van der Waals surface area (Å²) in [5.41, 5.74) is -0.106. The number of benzene rings is 1. The molecule has 4 heteroatoms. The molecular formula is C16H25NO3. The Labute approximate surface area is 121 Å². The van der Waals surface area contributed by atoms with E-state index in [0.29, 0.717) is 31.0 Å². The number of carbonyl (C=O) groups excluding carboxylic acids is 1. The zero-order valence-electron chi connectivity index (χ0n) is 12.8. The highest BCUT2D eigenvalue weighted by molar-refractivity contribution is 5.96. The molecule has 0 saturated carbocycles. The van der Waals surface area contributed by atoms with Crippen molar-refractivity contribution in [2.24, 2.45) is 0 Å². The number of carbonyl (C=O) groups is 1. The fourth-order valence-corrected chi connectivity index (χ4v) is 2.06. The lowest BCUT2D eigenvalue weighted by atomic mass is 10.1. The van der Waals surface area contributed by atoms with Crippen molar-refractivity contribution in [3.8, 4) is 5.75 Å². The fraction of sp³-hybridized carbons (Fsp3) is 0.562. The predicted octanol–water partition coefficient (Wildman–Crippen LogP) is 2.36. The molecule has 112 valence electrons. The second-order valence-corrected chi connectivity index (χ2v) is 5.58. The number of nitrogens with zero attached hydrogens (tertiary/aromatic N) is 1. The molecule has 0 aliphatic carbocycles. The number of Topliss-reactive ketones (excluding diaryl/α,β-unsaturated/α-hetero) is 1. The van der Waals surface area contributed by atoms with E-state index in [-0.39, 0.29) is 5.78 Å². The average Bonchev–Trinajstić information content (AvgIpc) is 2.36. The molecule has 4 nitrogen and oxygen atoms in total. The van der Waals surface area contributed by atoms with Gasteiger partial charge in [0.2, 0.25) is 0 Å². The molecule has 0 aromatic heterocycles. The summed E-state index contributed by atoms with van der Waals surface area (Å²) in [6.07, 6.45) is 0. The minimum atomic E-state index is -0.715. The Bertz CT molecular complexity index is 438. The first-order chi connectivity index (χ1) is 9.33. The van der Waals surface area contributed by atoms with Crippen LogP contribution >= 0.6 is 0 Å². The highest BCUT2D eigenvalue weighted by Gasteiger charge is 2.17. The van der Waals surface area contributed by atoms with Gasteiger partial charge in [-0.1, -0.05) is 19.1 Å². The van der Waals surface area contributed by atoms with Crippen LogP contribution in [0.2, 0.25) is 0 Å². The van der Waals surface area contributed by atoms with Gasteiger partial charge in [-0.05, 0) is 39.4 Å². The normalized spacial score (nSPS) is 11.7. The van der Waals surface area contributed by atoms with E-state index in [1.165, 1.54) is 6.92 Å².